The molecule has 0 amide bonds. The number of carboxylic acids is 1. The van der Waals surface area contributed by atoms with Crippen molar-refractivity contribution in [2.45, 2.75) is 19.1 Å². The number of hydrogen-bond acceptors (Lipinski definition) is 9. The number of carbonyl (C=O) groups excluding carboxylic acids is 1. The Labute approximate surface area is 217 Å². The molecule has 2 aromatic rings. The molecule has 0 saturated carbocycles. The van der Waals surface area contributed by atoms with E-state index in [2.05, 4.69) is 16.2 Å². The first kappa shape index (κ1) is 26.2. The Hall–Kier alpha value is -3.85. The van der Waals surface area contributed by atoms with Crippen molar-refractivity contribution in [1.29, 1.82) is 0 Å². The van der Waals surface area contributed by atoms with Gasteiger partial charge in [0.25, 0.3) is 0 Å². The minimum Gasteiger partial charge on any atom is -0.478 e. The van der Waals surface area contributed by atoms with Gasteiger partial charge in [-0.25, -0.2) is 19.0 Å². The molecule has 11 heteroatoms. The molecule has 4 rings (SSSR count). The van der Waals surface area contributed by atoms with Crippen LogP contribution < -0.4 is 5.32 Å². The van der Waals surface area contributed by atoms with Crippen molar-refractivity contribution in [1.82, 2.24) is 15.2 Å². The molecular weight excluding hydrogens is 499 g/mol. The number of ether oxygens (including phenoxy) is 2. The van der Waals surface area contributed by atoms with E-state index in [0.717, 1.165) is 6.08 Å². The number of aromatic nitrogens is 1. The Balaban J connectivity index is 1.78. The number of halogens is 1. The molecule has 0 radical (unpaired) electrons. The molecule has 0 aliphatic carbocycles. The third kappa shape index (κ3) is 6.11. The predicted molar refractivity (Wildman–Crippen MR) is 135 cm³/mol. The molecule has 1 aromatic carbocycles. The number of nitrogens with zero attached hydrogens (tertiary/aromatic N) is 3. The zero-order valence-electron chi connectivity index (χ0n) is 20.0. The average molecular weight is 525 g/mol. The van der Waals surface area contributed by atoms with E-state index in [-0.39, 0.29) is 24.3 Å². The van der Waals surface area contributed by atoms with Gasteiger partial charge in [0, 0.05) is 43.0 Å². The van der Waals surface area contributed by atoms with Crippen LogP contribution in [0.15, 0.2) is 58.2 Å². The average Bonchev–Trinajstić information content (AvgIpc) is 3.42. The first-order valence-electron chi connectivity index (χ1n) is 11.6. The second-order valence-corrected chi connectivity index (χ2v) is 9.04. The summed E-state index contributed by atoms with van der Waals surface area (Å²) in [5.74, 6) is 0.568. The third-order valence-electron chi connectivity index (χ3n) is 5.75. The number of aliphatic imine (C=N–C) groups is 1. The largest absolute Gasteiger partial charge is 0.478 e. The van der Waals surface area contributed by atoms with Crippen molar-refractivity contribution in [3.8, 4) is 12.3 Å². The molecule has 37 heavy (non-hydrogen) atoms. The van der Waals surface area contributed by atoms with Gasteiger partial charge in [0.1, 0.15) is 11.9 Å². The molecule has 1 saturated heterocycles. The Morgan fingerprint density at radius 3 is 3.00 bits per heavy atom. The van der Waals surface area contributed by atoms with E-state index < -0.39 is 29.9 Å². The Kier molecular flexibility index (Phi) is 8.45. The number of esters is 1. The number of nitrogens with one attached hydrogen (secondary N) is 1. The van der Waals surface area contributed by atoms with E-state index in [4.69, 9.17) is 26.0 Å². The molecule has 9 nitrogen and oxygen atoms in total. The van der Waals surface area contributed by atoms with Crippen molar-refractivity contribution in [3.05, 3.63) is 75.1 Å². The first-order chi connectivity index (χ1) is 17.9. The highest BCUT2D eigenvalue weighted by Crippen LogP contribution is 2.35. The number of hydrogen-bond donors (Lipinski definition) is 2. The summed E-state index contributed by atoms with van der Waals surface area (Å²) in [5, 5.41) is 14.6. The Bertz CT molecular complexity index is 1300. The molecule has 0 bridgehead atoms. The lowest BCUT2D eigenvalue weighted by Gasteiger charge is -2.34. The van der Waals surface area contributed by atoms with Crippen LogP contribution in [0.1, 0.15) is 29.1 Å². The fourth-order valence-electron chi connectivity index (χ4n) is 4.17. The van der Waals surface area contributed by atoms with Crippen molar-refractivity contribution in [2.75, 3.05) is 32.8 Å². The summed E-state index contributed by atoms with van der Waals surface area (Å²) in [6, 6.07) is 3.50. The maximum absolute atomic E-state index is 14.7. The second kappa shape index (κ2) is 11.9. The van der Waals surface area contributed by atoms with Crippen LogP contribution in [0.5, 0.6) is 0 Å². The van der Waals surface area contributed by atoms with Gasteiger partial charge in [0.15, 0.2) is 10.8 Å². The molecule has 2 atom stereocenters. The van der Waals surface area contributed by atoms with E-state index in [0.29, 0.717) is 41.8 Å². The molecule has 1 aromatic heterocycles. The summed E-state index contributed by atoms with van der Waals surface area (Å²) in [6.07, 6.45) is 9.39. The zero-order valence-corrected chi connectivity index (χ0v) is 20.8. The van der Waals surface area contributed by atoms with E-state index in [1.807, 2.05) is 4.90 Å². The molecule has 2 aliphatic heterocycles. The summed E-state index contributed by atoms with van der Waals surface area (Å²) in [5.41, 5.74) is 1.11. The number of morpholine rings is 1. The van der Waals surface area contributed by atoms with Gasteiger partial charge in [0.05, 0.1) is 30.5 Å². The van der Waals surface area contributed by atoms with Gasteiger partial charge in [-0.3, -0.25) is 9.89 Å². The van der Waals surface area contributed by atoms with Gasteiger partial charge < -0.3 is 19.9 Å². The standard InChI is InChI=1S/C26H25FN4O5S/c1-3-17-18(6-5-7-19(17)27)23-22(26(34)35-4-2)20(29-24(30-23)25-28-10-13-37-25)15-31-11-12-36-16(14-31)8-9-21(32)33/h1,5-10,13,16,23H,4,11-12,14-15H2,2H3,(H,29,30)(H,32,33)/b9-8+/t16-,23-/m1/s1. The van der Waals surface area contributed by atoms with Gasteiger partial charge >= 0.3 is 11.9 Å². The summed E-state index contributed by atoms with van der Waals surface area (Å²) >= 11 is 1.36. The number of amidine groups is 1. The third-order valence-corrected chi connectivity index (χ3v) is 6.53. The van der Waals surface area contributed by atoms with Gasteiger partial charge in [-0.1, -0.05) is 18.1 Å². The van der Waals surface area contributed by atoms with Crippen LogP contribution in [0, 0.1) is 18.2 Å². The highest BCUT2D eigenvalue weighted by molar-refractivity contribution is 7.11. The van der Waals surface area contributed by atoms with Crippen LogP contribution in [0.3, 0.4) is 0 Å². The van der Waals surface area contributed by atoms with Gasteiger partial charge in [0.2, 0.25) is 0 Å². The quantitative estimate of drug-likeness (QED) is 0.308. The second-order valence-electron chi connectivity index (χ2n) is 8.15. The number of carboxylic acid groups (broad SMARTS) is 1. The van der Waals surface area contributed by atoms with E-state index in [1.165, 1.54) is 29.5 Å². The van der Waals surface area contributed by atoms with Gasteiger partial charge in [-0.15, -0.1) is 17.8 Å². The Morgan fingerprint density at radius 2 is 2.30 bits per heavy atom. The van der Waals surface area contributed by atoms with Crippen LogP contribution >= 0.6 is 11.3 Å². The molecule has 2 aliphatic rings. The molecule has 0 spiro atoms. The van der Waals surface area contributed by atoms with Gasteiger partial charge in [-0.05, 0) is 24.6 Å². The lowest BCUT2D eigenvalue weighted by Crippen LogP contribution is -2.46. The Morgan fingerprint density at radius 1 is 1.46 bits per heavy atom. The van der Waals surface area contributed by atoms with Crippen molar-refractivity contribution >= 4 is 29.1 Å². The minimum absolute atomic E-state index is 0.0167. The van der Waals surface area contributed by atoms with E-state index in [9.17, 15) is 14.0 Å². The summed E-state index contributed by atoms with van der Waals surface area (Å²) < 4.78 is 25.7. The number of thiazole rings is 1. The highest BCUT2D eigenvalue weighted by Gasteiger charge is 2.35. The number of rotatable bonds is 8. The van der Waals surface area contributed by atoms with E-state index in [1.54, 1.807) is 24.6 Å². The molecule has 2 N–H and O–H groups in total. The SMILES string of the molecule is C#Cc1c(F)cccc1[C@H]1N=C(c2nccs2)NC(CN2CCO[C@H](/C=C/C(=O)O)C2)=C1C(=O)OCC. The maximum Gasteiger partial charge on any atom is 0.338 e. The predicted octanol–water partition coefficient (Wildman–Crippen LogP) is 2.51. The summed E-state index contributed by atoms with van der Waals surface area (Å²) in [7, 11) is 0. The number of benzene rings is 1. The highest BCUT2D eigenvalue weighted by atomic mass is 32.1. The van der Waals surface area contributed by atoms with Crippen LogP contribution in [0.25, 0.3) is 0 Å². The topological polar surface area (TPSA) is 113 Å². The minimum atomic E-state index is -1.06. The molecule has 3 heterocycles. The maximum atomic E-state index is 14.7. The molecule has 1 fully saturated rings. The summed E-state index contributed by atoms with van der Waals surface area (Å²) in [6.45, 7) is 3.42. The lowest BCUT2D eigenvalue weighted by molar-refractivity contribution is -0.139. The summed E-state index contributed by atoms with van der Waals surface area (Å²) in [4.78, 5) is 35.3. The van der Waals surface area contributed by atoms with Crippen LogP contribution in [0.2, 0.25) is 0 Å². The fourth-order valence-corrected chi connectivity index (χ4v) is 4.76. The van der Waals surface area contributed by atoms with E-state index >= 15 is 0 Å². The monoisotopic (exact) mass is 524 g/mol. The molecule has 0 unspecified atom stereocenters. The van der Waals surface area contributed by atoms with Crippen molar-refractivity contribution < 1.29 is 28.6 Å². The lowest BCUT2D eigenvalue weighted by atomic mass is 9.91. The van der Waals surface area contributed by atoms with Crippen LogP contribution in [0.4, 0.5) is 4.39 Å². The normalized spacial score (nSPS) is 20.3. The molecular formula is C26H25FN4O5S. The van der Waals surface area contributed by atoms with Gasteiger partial charge in [-0.2, -0.15) is 0 Å². The smallest absolute Gasteiger partial charge is 0.338 e. The van der Waals surface area contributed by atoms with Crippen molar-refractivity contribution in [2.24, 2.45) is 4.99 Å². The van der Waals surface area contributed by atoms with Crippen LogP contribution in [-0.4, -0.2) is 71.7 Å². The number of aliphatic carboxylic acids is 1. The number of carbonyl (C=O) groups is 2. The molecule has 192 valence electrons. The van der Waals surface area contributed by atoms with Crippen LogP contribution in [-0.2, 0) is 19.1 Å². The van der Waals surface area contributed by atoms with Crippen molar-refractivity contribution in [3.63, 3.8) is 0 Å². The zero-order chi connectivity index (χ0) is 26.4. The first-order valence-corrected chi connectivity index (χ1v) is 12.4. The number of terminal acetylenes is 1. The fraction of sp³-hybridized carbons (Fsp3) is 0.308.